The highest BCUT2D eigenvalue weighted by Crippen LogP contribution is 2.23. The summed E-state index contributed by atoms with van der Waals surface area (Å²) in [6.45, 7) is 1.20. The van der Waals surface area contributed by atoms with E-state index >= 15 is 0 Å². The molecule has 1 N–H and O–H groups in total. The number of hydrogen-bond acceptors (Lipinski definition) is 6. The van der Waals surface area contributed by atoms with Gasteiger partial charge in [0.15, 0.2) is 0 Å². The minimum Gasteiger partial charge on any atom is -0.478 e. The highest BCUT2D eigenvalue weighted by atomic mass is 16.4. The normalized spacial score (nSPS) is 16.2. The fourth-order valence-electron chi connectivity index (χ4n) is 3.60. The van der Waals surface area contributed by atoms with Crippen molar-refractivity contribution < 1.29 is 24.3 Å². The van der Waals surface area contributed by atoms with Crippen molar-refractivity contribution in [2.45, 2.75) is 0 Å². The van der Waals surface area contributed by atoms with Crippen LogP contribution in [0.2, 0.25) is 0 Å². The Morgan fingerprint density at radius 3 is 2.14 bits per heavy atom. The van der Waals surface area contributed by atoms with E-state index in [1.54, 1.807) is 35.2 Å². The Balaban J connectivity index is 1.40. The van der Waals surface area contributed by atoms with Crippen molar-refractivity contribution in [3.8, 4) is 0 Å². The number of pyridine rings is 1. The Morgan fingerprint density at radius 1 is 0.931 bits per heavy atom. The summed E-state index contributed by atoms with van der Waals surface area (Å²) >= 11 is 0. The Bertz CT molecular complexity index is 978. The third-order valence-electron chi connectivity index (χ3n) is 5.12. The van der Waals surface area contributed by atoms with Gasteiger partial charge < -0.3 is 14.9 Å². The minimum absolute atomic E-state index is 0.110. The molecule has 2 aliphatic rings. The first-order valence-corrected chi connectivity index (χ1v) is 9.13. The van der Waals surface area contributed by atoms with Gasteiger partial charge in [-0.15, -0.1) is 0 Å². The Morgan fingerprint density at radius 2 is 1.55 bits per heavy atom. The van der Waals surface area contributed by atoms with Crippen LogP contribution in [0.25, 0.3) is 0 Å². The second-order valence-electron chi connectivity index (χ2n) is 6.79. The summed E-state index contributed by atoms with van der Waals surface area (Å²) in [5, 5.41) is 9.32. The van der Waals surface area contributed by atoms with Crippen molar-refractivity contribution in [1.82, 2.24) is 14.8 Å². The molecule has 3 heterocycles. The molecular weight excluding hydrogens is 376 g/mol. The van der Waals surface area contributed by atoms with Crippen LogP contribution >= 0.6 is 0 Å². The van der Waals surface area contributed by atoms with Crippen molar-refractivity contribution in [1.29, 1.82) is 0 Å². The van der Waals surface area contributed by atoms with Gasteiger partial charge in [-0.1, -0.05) is 12.1 Å². The smallest absolute Gasteiger partial charge is 0.339 e. The number of aromatic nitrogens is 1. The van der Waals surface area contributed by atoms with Crippen LogP contribution in [0, 0.1) is 0 Å². The van der Waals surface area contributed by atoms with Gasteiger partial charge in [-0.3, -0.25) is 19.3 Å². The van der Waals surface area contributed by atoms with E-state index < -0.39 is 17.8 Å². The number of carbonyl (C=O) groups is 4. The van der Waals surface area contributed by atoms with Crippen molar-refractivity contribution in [2.24, 2.45) is 0 Å². The molecule has 4 rings (SSSR count). The van der Waals surface area contributed by atoms with Crippen molar-refractivity contribution >= 4 is 29.5 Å². The van der Waals surface area contributed by atoms with Gasteiger partial charge in [0, 0.05) is 32.4 Å². The molecule has 1 aromatic heterocycles. The van der Waals surface area contributed by atoms with Gasteiger partial charge in [-0.2, -0.15) is 0 Å². The average molecular weight is 394 g/mol. The maximum Gasteiger partial charge on any atom is 0.339 e. The Kier molecular flexibility index (Phi) is 4.71. The number of fused-ring (bicyclic) bond motifs is 1. The van der Waals surface area contributed by atoms with Gasteiger partial charge >= 0.3 is 5.97 Å². The molecule has 0 aliphatic carbocycles. The van der Waals surface area contributed by atoms with Crippen LogP contribution in [0.1, 0.15) is 31.1 Å². The van der Waals surface area contributed by atoms with E-state index in [0.717, 1.165) is 4.90 Å². The zero-order valence-electron chi connectivity index (χ0n) is 15.4. The van der Waals surface area contributed by atoms with E-state index in [-0.39, 0.29) is 18.0 Å². The third-order valence-corrected chi connectivity index (χ3v) is 5.12. The zero-order valence-corrected chi connectivity index (χ0v) is 15.4. The first kappa shape index (κ1) is 18.6. The van der Waals surface area contributed by atoms with Crippen molar-refractivity contribution in [3.05, 3.63) is 59.3 Å². The zero-order chi connectivity index (χ0) is 20.5. The number of nitrogens with zero attached hydrogens (tertiary/aromatic N) is 4. The quantitative estimate of drug-likeness (QED) is 0.761. The second-order valence-corrected chi connectivity index (χ2v) is 6.79. The molecule has 1 saturated heterocycles. The van der Waals surface area contributed by atoms with Crippen LogP contribution in [0.3, 0.4) is 0 Å². The summed E-state index contributed by atoms with van der Waals surface area (Å²) in [6, 6.07) is 9.56. The van der Waals surface area contributed by atoms with Crippen LogP contribution in [0.15, 0.2) is 42.6 Å². The number of imide groups is 1. The third kappa shape index (κ3) is 3.31. The van der Waals surface area contributed by atoms with Crippen molar-refractivity contribution in [3.63, 3.8) is 0 Å². The van der Waals surface area contributed by atoms with Crippen LogP contribution in [0.4, 0.5) is 5.82 Å². The maximum atomic E-state index is 12.7. The molecule has 0 saturated carbocycles. The number of benzene rings is 1. The SMILES string of the molecule is O=C(O)c1cccnc1N1CCN(C(=O)CN2C(=O)c3ccccc3C2=O)CC1. The fourth-order valence-corrected chi connectivity index (χ4v) is 3.60. The van der Waals surface area contributed by atoms with E-state index in [9.17, 15) is 24.3 Å². The van der Waals surface area contributed by atoms with Crippen molar-refractivity contribution in [2.75, 3.05) is 37.6 Å². The maximum absolute atomic E-state index is 12.7. The minimum atomic E-state index is -1.06. The highest BCUT2D eigenvalue weighted by molar-refractivity contribution is 6.22. The molecule has 148 valence electrons. The predicted molar refractivity (Wildman–Crippen MR) is 102 cm³/mol. The number of piperazine rings is 1. The summed E-state index contributed by atoms with van der Waals surface area (Å²) in [4.78, 5) is 57.4. The van der Waals surface area contributed by atoms with Gasteiger partial charge in [0.25, 0.3) is 11.8 Å². The number of aromatic carboxylic acids is 1. The average Bonchev–Trinajstić information content (AvgIpc) is 2.99. The first-order chi connectivity index (χ1) is 14.0. The van der Waals surface area contributed by atoms with Gasteiger partial charge in [0.1, 0.15) is 17.9 Å². The van der Waals surface area contributed by atoms with E-state index in [0.29, 0.717) is 43.1 Å². The lowest BCUT2D eigenvalue weighted by Gasteiger charge is -2.36. The number of hydrogen-bond donors (Lipinski definition) is 1. The van der Waals surface area contributed by atoms with Gasteiger partial charge in [0.05, 0.1) is 11.1 Å². The Hall–Kier alpha value is -3.75. The topological polar surface area (TPSA) is 111 Å². The van der Waals surface area contributed by atoms with E-state index in [1.807, 2.05) is 4.90 Å². The molecule has 0 bridgehead atoms. The number of carboxylic acids is 1. The molecule has 2 aromatic rings. The number of rotatable bonds is 4. The molecule has 0 atom stereocenters. The summed E-state index contributed by atoms with van der Waals surface area (Å²) in [6.07, 6.45) is 1.53. The predicted octanol–water partition coefficient (Wildman–Crippen LogP) is 0.725. The van der Waals surface area contributed by atoms with Crippen LogP contribution < -0.4 is 4.90 Å². The standard InChI is InChI=1S/C20H18N4O5/c25-16(12-24-18(26)13-4-1-2-5-14(13)19(24)27)22-8-10-23(11-9-22)17-15(20(28)29)6-3-7-21-17/h1-7H,8-12H2,(H,28,29). The molecule has 0 radical (unpaired) electrons. The second kappa shape index (κ2) is 7.34. The fraction of sp³-hybridized carbons (Fsp3) is 0.250. The lowest BCUT2D eigenvalue weighted by Crippen LogP contribution is -2.52. The van der Waals surface area contributed by atoms with Gasteiger partial charge in [-0.05, 0) is 24.3 Å². The molecule has 9 heteroatoms. The molecule has 3 amide bonds. The highest BCUT2D eigenvalue weighted by Gasteiger charge is 2.37. The van der Waals surface area contributed by atoms with Crippen LogP contribution in [0.5, 0.6) is 0 Å². The summed E-state index contributed by atoms with van der Waals surface area (Å²) in [5.41, 5.74) is 0.733. The molecule has 1 fully saturated rings. The molecule has 9 nitrogen and oxygen atoms in total. The number of amides is 3. The lowest BCUT2D eigenvalue weighted by molar-refractivity contribution is -0.131. The Labute approximate surface area is 166 Å². The summed E-state index contributed by atoms with van der Waals surface area (Å²) in [7, 11) is 0. The number of carboxylic acid groups (broad SMARTS) is 1. The molecule has 2 aliphatic heterocycles. The lowest BCUT2D eigenvalue weighted by atomic mass is 10.1. The molecule has 29 heavy (non-hydrogen) atoms. The monoisotopic (exact) mass is 394 g/mol. The molecule has 0 unspecified atom stereocenters. The van der Waals surface area contributed by atoms with Crippen LogP contribution in [-0.2, 0) is 4.79 Å². The van der Waals surface area contributed by atoms with Gasteiger partial charge in [0.2, 0.25) is 5.91 Å². The van der Waals surface area contributed by atoms with E-state index in [1.165, 1.54) is 12.3 Å². The molecule has 1 aromatic carbocycles. The summed E-state index contributed by atoms with van der Waals surface area (Å²) in [5.74, 6) is -1.93. The molecule has 0 spiro atoms. The van der Waals surface area contributed by atoms with Gasteiger partial charge in [-0.25, -0.2) is 9.78 Å². The number of carbonyl (C=O) groups excluding carboxylic acids is 3. The van der Waals surface area contributed by atoms with E-state index in [2.05, 4.69) is 4.98 Å². The largest absolute Gasteiger partial charge is 0.478 e. The first-order valence-electron chi connectivity index (χ1n) is 9.13. The van der Waals surface area contributed by atoms with Crippen LogP contribution in [-0.4, -0.2) is 76.3 Å². The number of anilines is 1. The molecular formula is C20H18N4O5. The summed E-state index contributed by atoms with van der Waals surface area (Å²) < 4.78 is 0. The van der Waals surface area contributed by atoms with E-state index in [4.69, 9.17) is 0 Å².